The van der Waals surface area contributed by atoms with Crippen molar-refractivity contribution in [1.82, 2.24) is 0 Å². The molecule has 0 bridgehead atoms. The van der Waals surface area contributed by atoms with E-state index >= 15 is 0 Å². The third-order valence-electron chi connectivity index (χ3n) is 3.30. The summed E-state index contributed by atoms with van der Waals surface area (Å²) in [6, 6.07) is 7.47. The topological polar surface area (TPSA) is 37.4 Å². The van der Waals surface area contributed by atoms with E-state index < -0.39 is 0 Å². The second-order valence-electron chi connectivity index (χ2n) is 5.32. The highest BCUT2D eigenvalue weighted by Crippen LogP contribution is 2.33. The predicted molar refractivity (Wildman–Crippen MR) is 71.6 cm³/mol. The highest BCUT2D eigenvalue weighted by atomic mass is 16.2. The number of hydrogen-bond donors (Lipinski definition) is 0. The molecule has 1 atom stereocenters. The Morgan fingerprint density at radius 3 is 2.61 bits per heavy atom. The molecule has 0 aromatic heterocycles. The van der Waals surface area contributed by atoms with Crippen LogP contribution in [0.5, 0.6) is 0 Å². The number of fused-ring (bicyclic) bond motifs is 1. The predicted octanol–water partition coefficient (Wildman–Crippen LogP) is 2.58. The summed E-state index contributed by atoms with van der Waals surface area (Å²) < 4.78 is 0. The molecule has 0 fully saturated rings. The van der Waals surface area contributed by atoms with Gasteiger partial charge in [-0.05, 0) is 24.5 Å². The second kappa shape index (κ2) is 4.92. The highest BCUT2D eigenvalue weighted by molar-refractivity contribution is 6.03. The monoisotopic (exact) mass is 245 g/mol. The van der Waals surface area contributed by atoms with Crippen LogP contribution < -0.4 is 4.90 Å². The van der Waals surface area contributed by atoms with Gasteiger partial charge in [0.1, 0.15) is 0 Å². The van der Waals surface area contributed by atoms with Gasteiger partial charge in [0.05, 0.1) is 6.04 Å². The molecular weight excluding hydrogens is 226 g/mol. The van der Waals surface area contributed by atoms with Gasteiger partial charge in [-0.3, -0.25) is 9.59 Å². The Bertz CT molecular complexity index is 479. The van der Waals surface area contributed by atoms with Crippen molar-refractivity contribution in [2.45, 2.75) is 39.7 Å². The van der Waals surface area contributed by atoms with E-state index in [0.29, 0.717) is 18.8 Å². The lowest BCUT2D eigenvalue weighted by atomic mass is 10.1. The van der Waals surface area contributed by atoms with Crippen LogP contribution in [-0.4, -0.2) is 17.7 Å². The molecule has 2 rings (SSSR count). The van der Waals surface area contributed by atoms with Crippen molar-refractivity contribution in [3.05, 3.63) is 29.8 Å². The molecule has 0 saturated heterocycles. The molecule has 0 radical (unpaired) electrons. The maximum absolute atomic E-state index is 12.3. The minimum Gasteiger partial charge on any atom is -0.301 e. The lowest BCUT2D eigenvalue weighted by molar-refractivity contribution is -0.124. The number of nitrogens with zero attached hydrogens (tertiary/aromatic N) is 1. The molecule has 0 aliphatic carbocycles. The van der Waals surface area contributed by atoms with Crippen molar-refractivity contribution in [2.24, 2.45) is 5.92 Å². The Balaban J connectivity index is 2.34. The van der Waals surface area contributed by atoms with Crippen LogP contribution in [0.2, 0.25) is 0 Å². The molecular formula is C15H19NO2. The first-order valence-corrected chi connectivity index (χ1v) is 6.41. The molecule has 1 aromatic carbocycles. The van der Waals surface area contributed by atoms with Gasteiger partial charge in [0, 0.05) is 18.5 Å². The quantitative estimate of drug-likeness (QED) is 0.820. The van der Waals surface area contributed by atoms with Crippen LogP contribution in [0, 0.1) is 5.92 Å². The lowest BCUT2D eigenvalue weighted by Gasteiger charge is -2.24. The van der Waals surface area contributed by atoms with E-state index in [0.717, 1.165) is 11.3 Å². The number of anilines is 1. The van der Waals surface area contributed by atoms with Gasteiger partial charge in [-0.15, -0.1) is 0 Å². The molecule has 3 heteroatoms. The minimum absolute atomic E-state index is 0.0511. The summed E-state index contributed by atoms with van der Waals surface area (Å²) >= 11 is 0. The Labute approximate surface area is 108 Å². The van der Waals surface area contributed by atoms with Crippen LogP contribution in [0.25, 0.3) is 0 Å². The van der Waals surface area contributed by atoms with Crippen LogP contribution in [0.15, 0.2) is 24.3 Å². The van der Waals surface area contributed by atoms with Gasteiger partial charge in [0.15, 0.2) is 5.78 Å². The van der Waals surface area contributed by atoms with Gasteiger partial charge < -0.3 is 4.90 Å². The van der Waals surface area contributed by atoms with Gasteiger partial charge in [0.2, 0.25) is 5.91 Å². The number of para-hydroxylation sites is 1. The molecule has 0 spiro atoms. The first-order valence-electron chi connectivity index (χ1n) is 6.41. The normalized spacial score (nSPS) is 18.0. The molecule has 0 saturated carbocycles. The number of amides is 1. The van der Waals surface area contributed by atoms with E-state index in [9.17, 15) is 9.59 Å². The lowest BCUT2D eigenvalue weighted by Crippen LogP contribution is -2.42. The zero-order valence-electron chi connectivity index (χ0n) is 11.1. The molecule has 1 aromatic rings. The summed E-state index contributed by atoms with van der Waals surface area (Å²) in [6.45, 7) is 5.59. The molecule has 0 N–H and O–H groups in total. The van der Waals surface area contributed by atoms with E-state index in [4.69, 9.17) is 0 Å². The fraction of sp³-hybridized carbons (Fsp3) is 0.467. The fourth-order valence-corrected chi connectivity index (χ4v) is 2.47. The summed E-state index contributed by atoms with van der Waals surface area (Å²) in [7, 11) is 0. The first-order chi connectivity index (χ1) is 8.50. The van der Waals surface area contributed by atoms with E-state index in [1.807, 2.05) is 38.1 Å². The van der Waals surface area contributed by atoms with Gasteiger partial charge in [-0.1, -0.05) is 32.0 Å². The number of rotatable bonds is 3. The Morgan fingerprint density at radius 2 is 2.00 bits per heavy atom. The van der Waals surface area contributed by atoms with E-state index in [-0.39, 0.29) is 17.7 Å². The molecule has 18 heavy (non-hydrogen) atoms. The molecule has 1 aliphatic rings. The van der Waals surface area contributed by atoms with Gasteiger partial charge >= 0.3 is 0 Å². The minimum atomic E-state index is -0.311. The van der Waals surface area contributed by atoms with E-state index in [2.05, 4.69) is 0 Å². The van der Waals surface area contributed by atoms with Crippen molar-refractivity contribution in [2.75, 3.05) is 4.90 Å². The number of benzene rings is 1. The molecule has 96 valence electrons. The smallest absolute Gasteiger partial charge is 0.227 e. The third-order valence-corrected chi connectivity index (χ3v) is 3.30. The standard InChI is InChI=1S/C15H19NO2/c1-10(2)8-15(18)16-13-7-5-4-6-12(13)9-14(16)11(3)17/h4-7,10,14H,8-9H2,1-3H3. The molecule has 1 amide bonds. The van der Waals surface area contributed by atoms with Crippen LogP contribution in [0.3, 0.4) is 0 Å². The van der Waals surface area contributed by atoms with Crippen molar-refractivity contribution in [3.63, 3.8) is 0 Å². The number of hydrogen-bond acceptors (Lipinski definition) is 2. The molecule has 3 nitrogen and oxygen atoms in total. The number of Topliss-reactive ketones (excluding diaryl/α,β-unsaturated/α-hetero) is 1. The largest absolute Gasteiger partial charge is 0.301 e. The number of ketones is 1. The van der Waals surface area contributed by atoms with Crippen molar-refractivity contribution in [1.29, 1.82) is 0 Å². The summed E-state index contributed by atoms with van der Waals surface area (Å²) in [5.41, 5.74) is 2.00. The van der Waals surface area contributed by atoms with Crippen LogP contribution in [0.1, 0.15) is 32.8 Å². The zero-order valence-corrected chi connectivity index (χ0v) is 11.1. The average Bonchev–Trinajstić information content (AvgIpc) is 2.67. The molecule has 1 unspecified atom stereocenters. The Hall–Kier alpha value is -1.64. The van der Waals surface area contributed by atoms with Crippen molar-refractivity contribution in [3.8, 4) is 0 Å². The van der Waals surface area contributed by atoms with Crippen LogP contribution >= 0.6 is 0 Å². The molecule has 1 aliphatic heterocycles. The summed E-state index contributed by atoms with van der Waals surface area (Å²) in [5.74, 6) is 0.413. The Kier molecular flexibility index (Phi) is 3.50. The van der Waals surface area contributed by atoms with E-state index in [1.165, 1.54) is 0 Å². The second-order valence-corrected chi connectivity index (χ2v) is 5.32. The van der Waals surface area contributed by atoms with Crippen molar-refractivity contribution < 1.29 is 9.59 Å². The summed E-state index contributed by atoms with van der Waals surface area (Å²) in [5, 5.41) is 0. The van der Waals surface area contributed by atoms with E-state index in [1.54, 1.807) is 11.8 Å². The third kappa shape index (κ3) is 2.30. The number of carbonyl (C=O) groups is 2. The average molecular weight is 245 g/mol. The number of carbonyl (C=O) groups excluding carboxylic acids is 2. The van der Waals surface area contributed by atoms with Gasteiger partial charge in [0.25, 0.3) is 0 Å². The summed E-state index contributed by atoms with van der Waals surface area (Å²) in [6.07, 6.45) is 1.13. The maximum atomic E-state index is 12.3. The van der Waals surface area contributed by atoms with Gasteiger partial charge in [-0.25, -0.2) is 0 Å². The van der Waals surface area contributed by atoms with Crippen LogP contribution in [-0.2, 0) is 16.0 Å². The first kappa shape index (κ1) is 12.8. The molecule has 1 heterocycles. The van der Waals surface area contributed by atoms with Crippen LogP contribution in [0.4, 0.5) is 5.69 Å². The Morgan fingerprint density at radius 1 is 1.33 bits per heavy atom. The maximum Gasteiger partial charge on any atom is 0.227 e. The van der Waals surface area contributed by atoms with Crippen molar-refractivity contribution >= 4 is 17.4 Å². The SMILES string of the molecule is CC(=O)C1Cc2ccccc2N1C(=O)CC(C)C. The summed E-state index contributed by atoms with van der Waals surface area (Å²) in [4.78, 5) is 25.7. The zero-order chi connectivity index (χ0) is 13.3. The fourth-order valence-electron chi connectivity index (χ4n) is 2.47. The highest BCUT2D eigenvalue weighted by Gasteiger charge is 2.36. The van der Waals surface area contributed by atoms with Gasteiger partial charge in [-0.2, -0.15) is 0 Å².